The Balaban J connectivity index is 1.64. The Morgan fingerprint density at radius 1 is 0.396 bits per heavy atom. The summed E-state index contributed by atoms with van der Waals surface area (Å²) in [6.07, 6.45) is 0.683. The van der Waals surface area contributed by atoms with Crippen LogP contribution in [0.4, 0.5) is 26.3 Å². The van der Waals surface area contributed by atoms with E-state index in [1.54, 1.807) is 0 Å². The van der Waals surface area contributed by atoms with Crippen molar-refractivity contribution < 1.29 is 26.3 Å². The highest BCUT2D eigenvalue weighted by atomic mass is 31.2. The minimum Gasteiger partial charge on any atom is -0.166 e. The van der Waals surface area contributed by atoms with Gasteiger partial charge in [0.2, 0.25) is 0 Å². The Morgan fingerprint density at radius 3 is 0.938 bits per heavy atom. The number of rotatable bonds is 6. The molecule has 0 bridgehead atoms. The molecule has 6 aromatic rings. The van der Waals surface area contributed by atoms with Gasteiger partial charge >= 0.3 is 12.4 Å². The minimum atomic E-state index is -4.48. The molecular weight excluding hydrogens is 656 g/mol. The van der Waals surface area contributed by atoms with Crippen LogP contribution >= 0.6 is 13.8 Å². The summed E-state index contributed by atoms with van der Waals surface area (Å²) in [5.41, 5.74) is 0.616. The van der Waals surface area contributed by atoms with E-state index in [1.807, 2.05) is 98.8 Å². The summed E-state index contributed by atoms with van der Waals surface area (Å²) >= 11 is 0. The number of halogens is 6. The van der Waals surface area contributed by atoms with Crippen molar-refractivity contribution >= 4 is 69.0 Å². The van der Waals surface area contributed by atoms with Crippen LogP contribution in [0.3, 0.4) is 0 Å². The lowest BCUT2D eigenvalue weighted by atomic mass is 10.1. The molecule has 0 heterocycles. The Morgan fingerprint density at radius 2 is 0.667 bits per heavy atom. The molecule has 0 radical (unpaired) electrons. The number of alkyl halides is 6. The van der Waals surface area contributed by atoms with Crippen LogP contribution in [0.15, 0.2) is 133 Å². The molecule has 0 aliphatic heterocycles. The van der Waals surface area contributed by atoms with Gasteiger partial charge in [-0.1, -0.05) is 133 Å². The highest BCUT2D eigenvalue weighted by Crippen LogP contribution is 2.48. The van der Waals surface area contributed by atoms with Crippen LogP contribution in [0.5, 0.6) is 0 Å². The van der Waals surface area contributed by atoms with E-state index in [4.69, 9.17) is 12.6 Å². The largest absolute Gasteiger partial charge is 0.416 e. The van der Waals surface area contributed by atoms with Crippen LogP contribution in [-0.2, 0) is 12.4 Å². The summed E-state index contributed by atoms with van der Waals surface area (Å²) in [6, 6.07) is 38.2. The van der Waals surface area contributed by atoms with Gasteiger partial charge in [0, 0.05) is 0 Å². The van der Waals surface area contributed by atoms with Crippen LogP contribution in [0.1, 0.15) is 22.3 Å². The topological polar surface area (TPSA) is 0 Å². The zero-order valence-corrected chi connectivity index (χ0v) is 28.1. The first kappa shape index (κ1) is 33.7. The normalized spacial score (nSPS) is 14.8. The molecule has 0 aromatic heterocycles. The lowest BCUT2D eigenvalue weighted by Crippen LogP contribution is -2.29. The van der Waals surface area contributed by atoms with Gasteiger partial charge in [0.15, 0.2) is 0 Å². The number of benzene rings is 6. The number of hydrogen-bond donors (Lipinski definition) is 0. The van der Waals surface area contributed by atoms with Crippen molar-refractivity contribution in [3.05, 3.63) is 156 Å². The van der Waals surface area contributed by atoms with E-state index in [0.717, 1.165) is 67.4 Å². The summed E-state index contributed by atoms with van der Waals surface area (Å²) in [7, 11) is 0. The molecule has 0 spiro atoms. The van der Waals surface area contributed by atoms with Crippen LogP contribution in [0, 0.1) is 13.8 Å². The van der Waals surface area contributed by atoms with Crippen molar-refractivity contribution in [1.82, 2.24) is 0 Å². The predicted molar refractivity (Wildman–Crippen MR) is 195 cm³/mol. The Hall–Kier alpha value is -4.24. The van der Waals surface area contributed by atoms with E-state index in [0.29, 0.717) is 10.6 Å². The molecule has 0 aliphatic carbocycles. The van der Waals surface area contributed by atoms with Crippen molar-refractivity contribution in [2.24, 2.45) is 0 Å². The van der Waals surface area contributed by atoms with E-state index in [9.17, 15) is 26.3 Å². The number of hydrogen-bond acceptors (Lipinski definition) is 0. The second-order valence-corrected chi connectivity index (χ2v) is 18.3. The van der Waals surface area contributed by atoms with Crippen LogP contribution in [0.2, 0.25) is 0 Å². The molecule has 48 heavy (non-hydrogen) atoms. The molecule has 2 unspecified atom stereocenters. The van der Waals surface area contributed by atoms with Gasteiger partial charge in [0.1, 0.15) is 0 Å². The van der Waals surface area contributed by atoms with Crippen molar-refractivity contribution in [1.29, 1.82) is 0 Å². The number of fused-ring (bicyclic) bond motifs is 1. The first-order valence-corrected chi connectivity index (χ1v) is 19.1. The van der Waals surface area contributed by atoms with Crippen molar-refractivity contribution in [3.63, 3.8) is 0 Å². The van der Waals surface area contributed by atoms with Gasteiger partial charge in [-0.15, -0.1) is 0 Å². The average Bonchev–Trinajstić information content (AvgIpc) is 3.07. The van der Waals surface area contributed by atoms with Gasteiger partial charge in [-0.25, -0.2) is 0 Å². The molecule has 0 aliphatic rings. The molecule has 6 rings (SSSR count). The average molecular weight is 689 g/mol. The minimum absolute atomic E-state index is 0.689. The SMILES string of the molecule is C=P(c1ccc(C)cc1)(c1ccc(C(F)(F)F)cc1)c1cccc2c(P(=C)(c3ccc(C)cc3)c3ccc(C(F)(F)F)cc3)cccc12. The maximum Gasteiger partial charge on any atom is 0.416 e. The maximum absolute atomic E-state index is 13.6. The zero-order chi connectivity index (χ0) is 34.5. The summed E-state index contributed by atoms with van der Waals surface area (Å²) in [6.45, 7) is -1.58. The standard InChI is InChI=1S/C40H32F6P2/c1-27-11-19-31(20-12-27)47(3,33-23-15-29(16-24-33)39(41,42)43)37-9-5-8-36-35(37)7-6-10-38(36)48(4,32-21-13-28(2)14-22-32)34-25-17-30(18-26-34)40(44,45)46/h5-26H,3-4H2,1-2H3. The first-order valence-electron chi connectivity index (χ1n) is 15.1. The fourth-order valence-corrected chi connectivity index (χ4v) is 12.4. The number of aryl methyl sites for hydroxylation is 2. The van der Waals surface area contributed by atoms with E-state index < -0.39 is 37.3 Å². The van der Waals surface area contributed by atoms with Crippen molar-refractivity contribution in [2.75, 3.05) is 0 Å². The molecule has 6 aromatic carbocycles. The van der Waals surface area contributed by atoms with Gasteiger partial charge in [0.25, 0.3) is 0 Å². The Kier molecular flexibility index (Phi) is 8.65. The molecule has 0 saturated heterocycles. The molecule has 0 saturated carbocycles. The van der Waals surface area contributed by atoms with Crippen LogP contribution < -0.4 is 31.8 Å². The van der Waals surface area contributed by atoms with Gasteiger partial charge in [-0.3, -0.25) is 0 Å². The summed E-state index contributed by atoms with van der Waals surface area (Å²) < 4.78 is 81.5. The van der Waals surface area contributed by atoms with E-state index in [-0.39, 0.29) is 0 Å². The summed E-state index contributed by atoms with van der Waals surface area (Å²) in [5.74, 6) is 0. The molecule has 0 amide bonds. The highest BCUT2D eigenvalue weighted by Gasteiger charge is 2.33. The fourth-order valence-electron chi connectivity index (χ4n) is 6.21. The lowest BCUT2D eigenvalue weighted by molar-refractivity contribution is -0.138. The van der Waals surface area contributed by atoms with Crippen LogP contribution in [-0.4, -0.2) is 12.6 Å². The summed E-state index contributed by atoms with van der Waals surface area (Å²) in [5, 5.41) is 6.69. The van der Waals surface area contributed by atoms with Gasteiger partial charge < -0.3 is 0 Å². The zero-order valence-electron chi connectivity index (χ0n) is 26.3. The third-order valence-electron chi connectivity index (χ3n) is 8.92. The molecular formula is C40H32F6P2. The summed E-state index contributed by atoms with van der Waals surface area (Å²) in [4.78, 5) is 0. The predicted octanol–water partition coefficient (Wildman–Crippen LogP) is 8.95. The van der Waals surface area contributed by atoms with Crippen molar-refractivity contribution in [2.45, 2.75) is 26.2 Å². The molecule has 244 valence electrons. The van der Waals surface area contributed by atoms with Crippen molar-refractivity contribution in [3.8, 4) is 0 Å². The van der Waals surface area contributed by atoms with E-state index >= 15 is 0 Å². The molecule has 0 fully saturated rings. The monoisotopic (exact) mass is 688 g/mol. The second kappa shape index (κ2) is 12.3. The van der Waals surface area contributed by atoms with Gasteiger partial charge in [0.05, 0.1) is 11.1 Å². The van der Waals surface area contributed by atoms with E-state index in [2.05, 4.69) is 0 Å². The first-order chi connectivity index (χ1) is 22.6. The molecule has 0 nitrogen and oxygen atoms in total. The third kappa shape index (κ3) is 5.97. The Labute approximate surface area is 276 Å². The fraction of sp³-hybridized carbons (Fsp3) is 0.100. The molecule has 8 heteroatoms. The van der Waals surface area contributed by atoms with Gasteiger partial charge in [-0.05, 0) is 94.5 Å². The van der Waals surface area contributed by atoms with Gasteiger partial charge in [-0.2, -0.15) is 26.3 Å². The lowest BCUT2D eigenvalue weighted by Gasteiger charge is -2.31. The highest BCUT2D eigenvalue weighted by molar-refractivity contribution is 7.94. The Bertz CT molecular complexity index is 2030. The maximum atomic E-state index is 13.6. The molecule has 2 atom stereocenters. The smallest absolute Gasteiger partial charge is 0.166 e. The third-order valence-corrected chi connectivity index (χ3v) is 16.1. The van der Waals surface area contributed by atoms with E-state index in [1.165, 1.54) is 24.3 Å². The molecule has 0 N–H and O–H groups in total. The second-order valence-electron chi connectivity index (χ2n) is 12.0. The quantitative estimate of drug-likeness (QED) is 0.121. The van der Waals surface area contributed by atoms with Crippen LogP contribution in [0.25, 0.3) is 10.8 Å².